The van der Waals surface area contributed by atoms with E-state index < -0.39 is 0 Å². The number of hydrogen-bond donors (Lipinski definition) is 0. The van der Waals surface area contributed by atoms with E-state index >= 15 is 0 Å². The van der Waals surface area contributed by atoms with Gasteiger partial charge in [0.1, 0.15) is 0 Å². The van der Waals surface area contributed by atoms with Crippen molar-refractivity contribution in [2.45, 2.75) is 112 Å². The molecule has 280 valence electrons. The van der Waals surface area contributed by atoms with Gasteiger partial charge in [0.05, 0.1) is 0 Å². The summed E-state index contributed by atoms with van der Waals surface area (Å²) >= 11 is 0. The molecule has 4 unspecified atom stereocenters. The molecule has 0 amide bonds. The summed E-state index contributed by atoms with van der Waals surface area (Å²) in [7, 11) is 0. The quantitative estimate of drug-likeness (QED) is 0.212. The van der Waals surface area contributed by atoms with Crippen molar-refractivity contribution in [1.29, 1.82) is 0 Å². The Bertz CT molecular complexity index is 1540. The fourth-order valence-corrected chi connectivity index (χ4v) is 12.1. The van der Waals surface area contributed by atoms with Crippen molar-refractivity contribution >= 4 is 0 Å². The van der Waals surface area contributed by atoms with Crippen LogP contribution >= 0.6 is 0 Å². The molecule has 0 nitrogen and oxygen atoms in total. The SMILES string of the molecule is CC1(C)CCC(C)(C)C2=CC3C(C=C21)C1C=C2C(=CC1C3C(c1ccccc1)(c1ccccc1)C1CCCC1)C(C)(C)CCC2(C)C.[CH3-].[CH3-].[CH3-].[CH3-].[Hf+4]. The van der Waals surface area contributed by atoms with Gasteiger partial charge in [-0.15, -0.1) is 0 Å². The van der Waals surface area contributed by atoms with Gasteiger partial charge in [0.2, 0.25) is 0 Å². The molecule has 2 aromatic rings. The van der Waals surface area contributed by atoms with Crippen LogP contribution in [-0.4, -0.2) is 0 Å². The molecule has 6 aliphatic carbocycles. The topological polar surface area (TPSA) is 0 Å². The summed E-state index contributed by atoms with van der Waals surface area (Å²) in [4.78, 5) is 0. The second kappa shape index (κ2) is 15.4. The Morgan fingerprint density at radius 1 is 0.442 bits per heavy atom. The van der Waals surface area contributed by atoms with Gasteiger partial charge in [-0.05, 0) is 129 Å². The fourth-order valence-electron chi connectivity index (χ4n) is 12.1. The Morgan fingerprint density at radius 2 is 0.731 bits per heavy atom. The summed E-state index contributed by atoms with van der Waals surface area (Å²) in [6, 6.07) is 23.9. The second-order valence-corrected chi connectivity index (χ2v) is 19.3. The van der Waals surface area contributed by atoms with Crippen LogP contribution in [0.4, 0.5) is 0 Å². The van der Waals surface area contributed by atoms with Crippen LogP contribution in [0.15, 0.2) is 107 Å². The van der Waals surface area contributed by atoms with E-state index in [1.807, 2.05) is 0 Å². The third-order valence-electron chi connectivity index (χ3n) is 14.9. The van der Waals surface area contributed by atoms with Crippen molar-refractivity contribution in [1.82, 2.24) is 0 Å². The van der Waals surface area contributed by atoms with E-state index in [2.05, 4.69) is 140 Å². The number of benzene rings is 2. The Kier molecular flexibility index (Phi) is 13.2. The molecule has 1 heteroatoms. The van der Waals surface area contributed by atoms with E-state index in [0.29, 0.717) is 35.5 Å². The molecule has 4 fully saturated rings. The van der Waals surface area contributed by atoms with Gasteiger partial charge < -0.3 is 29.7 Å². The first-order chi connectivity index (χ1) is 22.3. The Morgan fingerprint density at radius 3 is 1.04 bits per heavy atom. The predicted molar refractivity (Wildman–Crippen MR) is 225 cm³/mol. The third kappa shape index (κ3) is 6.66. The van der Waals surface area contributed by atoms with E-state index in [1.54, 1.807) is 33.4 Å². The molecule has 6 aliphatic rings. The van der Waals surface area contributed by atoms with E-state index in [9.17, 15) is 0 Å². The van der Waals surface area contributed by atoms with Gasteiger partial charge in [-0.25, -0.2) is 0 Å². The fraction of sp³-hybridized carbons (Fsp3) is 0.529. The Labute approximate surface area is 341 Å². The monoisotopic (exact) mass is 865 g/mol. The minimum absolute atomic E-state index is 0. The second-order valence-electron chi connectivity index (χ2n) is 19.3. The smallest absolute Gasteiger partial charge is 0.358 e. The zero-order valence-corrected chi connectivity index (χ0v) is 38.8. The summed E-state index contributed by atoms with van der Waals surface area (Å²) in [6.45, 7) is 20.3. The van der Waals surface area contributed by atoms with Crippen LogP contribution in [0, 0.1) is 86.9 Å². The summed E-state index contributed by atoms with van der Waals surface area (Å²) in [5, 5.41) is 0. The standard InChI is InChI=1S/C47H60.4CH3.Hf/c1-43(2)23-25-45(5,6)40-29-36-34(27-38(40)43)35-28-39-41(46(7,8)26-24-44(39,3)4)30-37(35)42(36)47(33-21-15-16-22-33,31-17-11-9-12-18-31)32-19-13-10-14-20-32;;;;;/h9-14,17-20,27-30,33-37,42H,15-16,21-26H2,1-8H3;4*1H3;/q;4*-1;+4. The average Bonchev–Trinajstić information content (AvgIpc) is 3.70. The van der Waals surface area contributed by atoms with Crippen molar-refractivity contribution < 1.29 is 25.8 Å². The van der Waals surface area contributed by atoms with Gasteiger partial charge in [0.25, 0.3) is 0 Å². The van der Waals surface area contributed by atoms with Crippen molar-refractivity contribution in [2.75, 3.05) is 0 Å². The molecule has 0 aromatic heterocycles. The summed E-state index contributed by atoms with van der Waals surface area (Å²) in [5.41, 5.74) is 10.7. The molecule has 0 saturated heterocycles. The van der Waals surface area contributed by atoms with Crippen LogP contribution in [0.1, 0.15) is 118 Å². The molecular formula is C51H72Hf. The third-order valence-corrected chi connectivity index (χ3v) is 14.9. The van der Waals surface area contributed by atoms with Crippen molar-refractivity contribution in [3.05, 3.63) is 148 Å². The van der Waals surface area contributed by atoms with Crippen molar-refractivity contribution in [3.8, 4) is 0 Å². The van der Waals surface area contributed by atoms with Crippen LogP contribution in [-0.2, 0) is 31.3 Å². The molecule has 4 saturated carbocycles. The van der Waals surface area contributed by atoms with Crippen molar-refractivity contribution in [2.24, 2.45) is 57.2 Å². The largest absolute Gasteiger partial charge is 4.00 e. The number of allylic oxidation sites excluding steroid dienone is 8. The Balaban J connectivity index is 0.00000146. The maximum atomic E-state index is 2.91. The molecule has 0 aliphatic heterocycles. The predicted octanol–water partition coefficient (Wildman–Crippen LogP) is 14.5. The number of hydrogen-bond acceptors (Lipinski definition) is 0. The van der Waals surface area contributed by atoms with Gasteiger partial charge in [-0.1, -0.05) is 153 Å². The average molecular weight is 864 g/mol. The van der Waals surface area contributed by atoms with Gasteiger partial charge in [0.15, 0.2) is 0 Å². The molecule has 0 heterocycles. The van der Waals surface area contributed by atoms with Crippen LogP contribution in [0.3, 0.4) is 0 Å². The molecule has 0 bridgehead atoms. The molecule has 0 spiro atoms. The zero-order valence-electron chi connectivity index (χ0n) is 35.2. The van der Waals surface area contributed by atoms with Gasteiger partial charge in [-0.2, -0.15) is 0 Å². The normalized spacial score (nSPS) is 30.1. The van der Waals surface area contributed by atoms with Crippen molar-refractivity contribution in [3.63, 3.8) is 0 Å². The zero-order chi connectivity index (χ0) is 33.0. The van der Waals surface area contributed by atoms with Gasteiger partial charge in [0, 0.05) is 5.41 Å². The first-order valence-corrected chi connectivity index (χ1v) is 19.3. The number of fused-ring (bicyclic) bond motifs is 5. The van der Waals surface area contributed by atoms with Crippen LogP contribution in [0.5, 0.6) is 0 Å². The number of rotatable bonds is 4. The minimum atomic E-state index is -0.0329. The van der Waals surface area contributed by atoms with Crippen LogP contribution in [0.25, 0.3) is 0 Å². The molecule has 52 heavy (non-hydrogen) atoms. The molecule has 0 radical (unpaired) electrons. The maximum Gasteiger partial charge on any atom is 4.00 e. The molecular weight excluding hydrogens is 791 g/mol. The Hall–Kier alpha value is -1.73. The molecule has 2 aromatic carbocycles. The van der Waals surface area contributed by atoms with Gasteiger partial charge in [-0.3, -0.25) is 0 Å². The van der Waals surface area contributed by atoms with Crippen LogP contribution < -0.4 is 0 Å². The van der Waals surface area contributed by atoms with Gasteiger partial charge >= 0.3 is 25.8 Å². The molecule has 8 rings (SSSR count). The molecule has 0 N–H and O–H groups in total. The molecule has 4 atom stereocenters. The first kappa shape index (κ1) is 44.7. The first-order valence-electron chi connectivity index (χ1n) is 19.3. The summed E-state index contributed by atoms with van der Waals surface area (Å²) < 4.78 is 0. The summed E-state index contributed by atoms with van der Waals surface area (Å²) in [6.07, 6.45) is 22.1. The maximum absolute atomic E-state index is 2.91. The van der Waals surface area contributed by atoms with Crippen LogP contribution in [0.2, 0.25) is 0 Å². The van der Waals surface area contributed by atoms with E-state index in [0.717, 1.165) is 0 Å². The van der Waals surface area contributed by atoms with E-state index in [4.69, 9.17) is 0 Å². The van der Waals surface area contributed by atoms with E-state index in [1.165, 1.54) is 51.4 Å². The summed E-state index contributed by atoms with van der Waals surface area (Å²) in [5.74, 6) is 3.25. The minimum Gasteiger partial charge on any atom is -0.358 e. The van der Waals surface area contributed by atoms with E-state index in [-0.39, 0.29) is 82.6 Å².